The minimum Gasteiger partial charge on any atom is -0.508 e. The summed E-state index contributed by atoms with van der Waals surface area (Å²) >= 11 is 0. The number of benzene rings is 3. The lowest BCUT2D eigenvalue weighted by Gasteiger charge is -2.24. The van der Waals surface area contributed by atoms with Crippen LogP contribution in [0.5, 0.6) is 5.75 Å². The minimum atomic E-state index is 0.363. The number of unbranched alkanes of at least 4 members (excludes halogenated alkanes) is 8. The predicted octanol–water partition coefficient (Wildman–Crippen LogP) is 13.0. The van der Waals surface area contributed by atoms with E-state index in [1.807, 2.05) is 6.07 Å². The van der Waals surface area contributed by atoms with Crippen molar-refractivity contribution >= 4 is 0 Å². The molecule has 2 atom stereocenters. The van der Waals surface area contributed by atoms with Crippen LogP contribution < -0.4 is 0 Å². The van der Waals surface area contributed by atoms with Crippen LogP contribution in [0.2, 0.25) is 0 Å². The monoisotopic (exact) mass is 611 g/mol. The van der Waals surface area contributed by atoms with Gasteiger partial charge in [-0.05, 0) is 127 Å². The zero-order chi connectivity index (χ0) is 32.4. The molecule has 0 aliphatic rings. The molecule has 0 aliphatic heterocycles. The van der Waals surface area contributed by atoms with Crippen LogP contribution in [-0.4, -0.2) is 5.11 Å². The van der Waals surface area contributed by atoms with Gasteiger partial charge in [0.2, 0.25) is 0 Å². The summed E-state index contributed by atoms with van der Waals surface area (Å²) in [4.78, 5) is 0. The molecule has 0 aliphatic carbocycles. The summed E-state index contributed by atoms with van der Waals surface area (Å²) in [5, 5.41) is 11.3. The van der Waals surface area contributed by atoms with Crippen molar-refractivity contribution in [2.24, 2.45) is 0 Å². The molecule has 1 heteroatoms. The number of aromatic hydroxyl groups is 1. The van der Waals surface area contributed by atoms with Crippen molar-refractivity contribution in [3.05, 3.63) is 99.1 Å². The van der Waals surface area contributed by atoms with Crippen molar-refractivity contribution in [1.82, 2.24) is 0 Å². The predicted molar refractivity (Wildman–Crippen MR) is 198 cm³/mol. The molecular weight excluding hydrogens is 544 g/mol. The molecule has 0 spiro atoms. The van der Waals surface area contributed by atoms with Crippen LogP contribution in [0.4, 0.5) is 0 Å². The summed E-state index contributed by atoms with van der Waals surface area (Å²) in [5.41, 5.74) is 11.8. The van der Waals surface area contributed by atoms with Gasteiger partial charge in [-0.25, -0.2) is 0 Å². The third-order valence-electron chi connectivity index (χ3n) is 10.1. The van der Waals surface area contributed by atoms with E-state index in [4.69, 9.17) is 0 Å². The van der Waals surface area contributed by atoms with Gasteiger partial charge in [-0.1, -0.05) is 141 Å². The smallest absolute Gasteiger partial charge is 0.119 e. The maximum absolute atomic E-state index is 11.3. The van der Waals surface area contributed by atoms with Crippen LogP contribution in [0, 0.1) is 0 Å². The molecule has 1 nitrogen and oxygen atoms in total. The Morgan fingerprint density at radius 3 is 1.31 bits per heavy atom. The van der Waals surface area contributed by atoms with Crippen molar-refractivity contribution in [3.63, 3.8) is 0 Å². The molecule has 3 aromatic rings. The zero-order valence-electron chi connectivity index (χ0n) is 30.0. The van der Waals surface area contributed by atoms with E-state index in [1.54, 1.807) is 22.3 Å². The van der Waals surface area contributed by atoms with Crippen molar-refractivity contribution in [3.8, 4) is 5.75 Å². The third kappa shape index (κ3) is 11.3. The quantitative estimate of drug-likeness (QED) is 0.112. The van der Waals surface area contributed by atoms with Gasteiger partial charge in [0.25, 0.3) is 0 Å². The standard InChI is InChI=1S/C44H66O/c1-7-11-15-22-36-24-19-29-39(41(36)27-17-13-9-3)34(5)32-38-26-21-31-44(45)43(38)33-35(6)40-30-20-25-37(23-16-12-8-2)42(40)28-18-14-10-4/h19-21,24-26,29-31,34-35,45H,7-18,22-23,27-28,32-33H2,1-6H3. The molecule has 248 valence electrons. The second-order valence-electron chi connectivity index (χ2n) is 13.9. The Kier molecular flexibility index (Phi) is 16.9. The molecule has 3 rings (SSSR count). The molecule has 45 heavy (non-hydrogen) atoms. The average molecular weight is 611 g/mol. The molecule has 0 aromatic heterocycles. The van der Waals surface area contributed by atoms with Crippen LogP contribution in [0.25, 0.3) is 0 Å². The lowest BCUT2D eigenvalue weighted by molar-refractivity contribution is 0.464. The van der Waals surface area contributed by atoms with Gasteiger partial charge in [0.05, 0.1) is 0 Å². The van der Waals surface area contributed by atoms with E-state index in [-0.39, 0.29) is 0 Å². The highest BCUT2D eigenvalue weighted by Gasteiger charge is 2.21. The molecule has 0 bridgehead atoms. The van der Waals surface area contributed by atoms with E-state index in [0.29, 0.717) is 17.6 Å². The van der Waals surface area contributed by atoms with Crippen molar-refractivity contribution < 1.29 is 5.11 Å². The van der Waals surface area contributed by atoms with Crippen LogP contribution in [0.1, 0.15) is 175 Å². The maximum Gasteiger partial charge on any atom is 0.119 e. The van der Waals surface area contributed by atoms with Gasteiger partial charge >= 0.3 is 0 Å². The van der Waals surface area contributed by atoms with Gasteiger partial charge in [-0.2, -0.15) is 0 Å². The first-order valence-electron chi connectivity index (χ1n) is 19.0. The van der Waals surface area contributed by atoms with Crippen LogP contribution in [0.15, 0.2) is 54.6 Å². The highest BCUT2D eigenvalue weighted by atomic mass is 16.3. The summed E-state index contributed by atoms with van der Waals surface area (Å²) in [5.74, 6) is 1.24. The van der Waals surface area contributed by atoms with E-state index in [9.17, 15) is 5.11 Å². The third-order valence-corrected chi connectivity index (χ3v) is 10.1. The first-order chi connectivity index (χ1) is 21.9. The highest BCUT2D eigenvalue weighted by Crippen LogP contribution is 2.35. The Hall–Kier alpha value is -2.54. The molecule has 0 saturated heterocycles. The van der Waals surface area contributed by atoms with E-state index in [1.165, 1.54) is 119 Å². The Morgan fingerprint density at radius 2 is 0.844 bits per heavy atom. The van der Waals surface area contributed by atoms with Crippen molar-refractivity contribution in [2.45, 2.75) is 169 Å². The van der Waals surface area contributed by atoms with E-state index >= 15 is 0 Å². The summed E-state index contributed by atoms with van der Waals surface area (Å²) in [6.07, 6.45) is 21.9. The molecule has 0 fully saturated rings. The molecule has 0 radical (unpaired) electrons. The highest BCUT2D eigenvalue weighted by molar-refractivity contribution is 5.45. The summed E-state index contributed by atoms with van der Waals surface area (Å²) in [6, 6.07) is 20.4. The summed E-state index contributed by atoms with van der Waals surface area (Å²) in [7, 11) is 0. The number of aryl methyl sites for hydroxylation is 2. The van der Waals surface area contributed by atoms with Crippen molar-refractivity contribution in [1.29, 1.82) is 0 Å². The zero-order valence-corrected chi connectivity index (χ0v) is 30.0. The van der Waals surface area contributed by atoms with Crippen LogP contribution in [-0.2, 0) is 38.5 Å². The van der Waals surface area contributed by atoms with E-state index in [0.717, 1.165) is 18.4 Å². The molecular formula is C44H66O. The number of rotatable bonds is 22. The van der Waals surface area contributed by atoms with Crippen LogP contribution >= 0.6 is 0 Å². The Morgan fingerprint density at radius 1 is 0.444 bits per heavy atom. The Labute approximate surface area is 278 Å². The van der Waals surface area contributed by atoms with Gasteiger partial charge in [-0.15, -0.1) is 0 Å². The molecule has 2 unspecified atom stereocenters. The van der Waals surface area contributed by atoms with Crippen LogP contribution in [0.3, 0.4) is 0 Å². The van der Waals surface area contributed by atoms with E-state index in [2.05, 4.69) is 90.1 Å². The topological polar surface area (TPSA) is 20.2 Å². The van der Waals surface area contributed by atoms with Gasteiger partial charge in [0, 0.05) is 0 Å². The summed E-state index contributed by atoms with van der Waals surface area (Å²) in [6.45, 7) is 14.0. The SMILES string of the molecule is CCCCCc1cccc(C(C)Cc2cccc(O)c2CC(C)c2cccc(CCCCC)c2CCCCC)c1CCCCC. The second kappa shape index (κ2) is 20.6. The average Bonchev–Trinajstić information content (AvgIpc) is 3.04. The lowest BCUT2D eigenvalue weighted by atomic mass is 9.81. The number of phenolic OH excluding ortho intramolecular Hbond substituents is 1. The first-order valence-corrected chi connectivity index (χ1v) is 19.0. The minimum absolute atomic E-state index is 0.363. The normalized spacial score (nSPS) is 12.8. The molecule has 0 saturated carbocycles. The first kappa shape index (κ1) is 36.9. The number of hydrogen-bond donors (Lipinski definition) is 1. The fourth-order valence-corrected chi connectivity index (χ4v) is 7.45. The maximum atomic E-state index is 11.3. The largest absolute Gasteiger partial charge is 0.508 e. The molecule has 0 amide bonds. The lowest BCUT2D eigenvalue weighted by Crippen LogP contribution is -2.10. The fourth-order valence-electron chi connectivity index (χ4n) is 7.45. The Bertz CT molecular complexity index is 1250. The summed E-state index contributed by atoms with van der Waals surface area (Å²) < 4.78 is 0. The second-order valence-corrected chi connectivity index (χ2v) is 13.9. The molecule has 3 aromatic carbocycles. The molecule has 1 N–H and O–H groups in total. The van der Waals surface area contributed by atoms with Gasteiger partial charge < -0.3 is 5.11 Å². The van der Waals surface area contributed by atoms with E-state index < -0.39 is 0 Å². The Balaban J connectivity index is 1.89. The van der Waals surface area contributed by atoms with Gasteiger partial charge in [-0.3, -0.25) is 0 Å². The van der Waals surface area contributed by atoms with Gasteiger partial charge in [0.15, 0.2) is 0 Å². The fraction of sp³-hybridized carbons (Fsp3) is 0.591. The number of hydrogen-bond acceptors (Lipinski definition) is 1. The number of phenols is 1. The van der Waals surface area contributed by atoms with Gasteiger partial charge in [0.1, 0.15) is 5.75 Å². The molecule has 0 heterocycles. The van der Waals surface area contributed by atoms with Crippen molar-refractivity contribution in [2.75, 3.05) is 0 Å².